The second kappa shape index (κ2) is 6.69. The second-order valence-corrected chi connectivity index (χ2v) is 4.35. The minimum atomic E-state index is -0.421. The zero-order valence-electron chi connectivity index (χ0n) is 11.7. The molecule has 21 heavy (non-hydrogen) atoms. The lowest BCUT2D eigenvalue weighted by Crippen LogP contribution is -2.03. The van der Waals surface area contributed by atoms with Crippen LogP contribution in [0.4, 0.5) is 4.39 Å². The average molecular weight is 290 g/mol. The maximum atomic E-state index is 13.1. The van der Waals surface area contributed by atoms with Gasteiger partial charge in [0, 0.05) is 23.4 Å². The molecule has 2 rings (SSSR count). The fraction of sp³-hybridized carbons (Fsp3) is 0.200. The zero-order chi connectivity index (χ0) is 15.2. The van der Waals surface area contributed by atoms with Gasteiger partial charge in [0.15, 0.2) is 0 Å². The summed E-state index contributed by atoms with van der Waals surface area (Å²) in [5.41, 5.74) is 1.63. The second-order valence-electron chi connectivity index (χ2n) is 4.35. The first-order valence-corrected chi connectivity index (χ1v) is 6.23. The van der Waals surface area contributed by atoms with Gasteiger partial charge in [-0.3, -0.25) is 4.98 Å². The number of nitrogens with zero attached hydrogens (tertiary/aromatic N) is 2. The minimum absolute atomic E-state index is 0.142. The molecule has 5 nitrogen and oxygen atoms in total. The van der Waals surface area contributed by atoms with E-state index >= 15 is 0 Å². The third-order valence-corrected chi connectivity index (χ3v) is 2.88. The molecule has 1 N–H and O–H groups in total. The van der Waals surface area contributed by atoms with Crippen molar-refractivity contribution >= 4 is 5.71 Å². The Morgan fingerprint density at radius 1 is 1.33 bits per heavy atom. The summed E-state index contributed by atoms with van der Waals surface area (Å²) in [6.45, 7) is 1.79. The van der Waals surface area contributed by atoms with Crippen LogP contribution in [-0.2, 0) is 6.61 Å². The van der Waals surface area contributed by atoms with Gasteiger partial charge in [-0.1, -0.05) is 5.16 Å². The monoisotopic (exact) mass is 290 g/mol. The molecule has 110 valence electrons. The quantitative estimate of drug-likeness (QED) is 0.522. The Bertz CT molecular complexity index is 659. The molecule has 0 bridgehead atoms. The standard InChI is InChI=1S/C15H15FN2O3/c1-10(18-19)14-4-3-13(20-2)6-15(14)21-9-11-5-12(16)8-17-7-11/h3-8,19H,9H2,1-2H3/b18-10+. The van der Waals surface area contributed by atoms with Gasteiger partial charge in [-0.15, -0.1) is 0 Å². The van der Waals surface area contributed by atoms with Crippen LogP contribution in [0.1, 0.15) is 18.1 Å². The lowest BCUT2D eigenvalue weighted by Gasteiger charge is -2.12. The Kier molecular flexibility index (Phi) is 4.71. The fourth-order valence-electron chi connectivity index (χ4n) is 1.80. The topological polar surface area (TPSA) is 63.9 Å². The van der Waals surface area contributed by atoms with E-state index < -0.39 is 5.82 Å². The molecule has 0 amide bonds. The third kappa shape index (κ3) is 3.68. The van der Waals surface area contributed by atoms with E-state index in [0.717, 1.165) is 6.20 Å². The number of aromatic nitrogens is 1. The van der Waals surface area contributed by atoms with E-state index in [1.54, 1.807) is 32.2 Å². The van der Waals surface area contributed by atoms with E-state index in [-0.39, 0.29) is 6.61 Å². The highest BCUT2D eigenvalue weighted by Crippen LogP contribution is 2.26. The van der Waals surface area contributed by atoms with Crippen LogP contribution in [0.2, 0.25) is 0 Å². The molecule has 1 aromatic carbocycles. The smallest absolute Gasteiger partial charge is 0.141 e. The lowest BCUT2D eigenvalue weighted by molar-refractivity contribution is 0.300. The molecule has 6 heteroatoms. The first kappa shape index (κ1) is 14.8. The van der Waals surface area contributed by atoms with Crippen molar-refractivity contribution in [2.45, 2.75) is 13.5 Å². The van der Waals surface area contributed by atoms with Crippen molar-refractivity contribution in [3.05, 3.63) is 53.6 Å². The molecule has 1 heterocycles. The van der Waals surface area contributed by atoms with E-state index in [2.05, 4.69) is 10.1 Å². The fourth-order valence-corrected chi connectivity index (χ4v) is 1.80. The van der Waals surface area contributed by atoms with Gasteiger partial charge < -0.3 is 14.7 Å². The van der Waals surface area contributed by atoms with Crippen LogP contribution in [0.15, 0.2) is 41.8 Å². The van der Waals surface area contributed by atoms with Gasteiger partial charge in [-0.05, 0) is 25.1 Å². The third-order valence-electron chi connectivity index (χ3n) is 2.88. The highest BCUT2D eigenvalue weighted by Gasteiger charge is 2.10. The number of hydrogen-bond acceptors (Lipinski definition) is 5. The Hall–Kier alpha value is -2.63. The summed E-state index contributed by atoms with van der Waals surface area (Å²) in [5, 5.41) is 12.1. The van der Waals surface area contributed by atoms with Crippen molar-refractivity contribution in [3.63, 3.8) is 0 Å². The van der Waals surface area contributed by atoms with E-state index in [1.165, 1.54) is 12.3 Å². The van der Waals surface area contributed by atoms with Gasteiger partial charge >= 0.3 is 0 Å². The van der Waals surface area contributed by atoms with Crippen molar-refractivity contribution in [3.8, 4) is 11.5 Å². The summed E-state index contributed by atoms with van der Waals surface area (Å²) in [5.74, 6) is 0.667. The van der Waals surface area contributed by atoms with E-state index in [0.29, 0.717) is 28.3 Å². The van der Waals surface area contributed by atoms with Gasteiger partial charge in [0.05, 0.1) is 19.0 Å². The summed E-state index contributed by atoms with van der Waals surface area (Å²) < 4.78 is 23.9. The molecule has 0 aliphatic heterocycles. The number of benzene rings is 1. The van der Waals surface area contributed by atoms with Crippen LogP contribution in [0, 0.1) is 5.82 Å². The van der Waals surface area contributed by atoms with Gasteiger partial charge in [0.2, 0.25) is 0 Å². The molecular formula is C15H15FN2O3. The highest BCUT2D eigenvalue weighted by atomic mass is 19.1. The van der Waals surface area contributed by atoms with Gasteiger partial charge in [-0.2, -0.15) is 0 Å². The van der Waals surface area contributed by atoms with Crippen molar-refractivity contribution in [1.29, 1.82) is 0 Å². The van der Waals surface area contributed by atoms with E-state index in [4.69, 9.17) is 14.7 Å². The molecular weight excluding hydrogens is 275 g/mol. The van der Waals surface area contributed by atoms with Crippen molar-refractivity contribution in [2.24, 2.45) is 5.16 Å². The molecule has 0 aliphatic carbocycles. The first-order chi connectivity index (χ1) is 10.1. The summed E-state index contributed by atoms with van der Waals surface area (Å²) in [4.78, 5) is 3.76. The van der Waals surface area contributed by atoms with Gasteiger partial charge in [0.1, 0.15) is 23.9 Å². The summed E-state index contributed by atoms with van der Waals surface area (Å²) >= 11 is 0. The van der Waals surface area contributed by atoms with Crippen LogP contribution in [0.5, 0.6) is 11.5 Å². The SMILES string of the molecule is COc1ccc(/C(C)=N/O)c(OCc2cncc(F)c2)c1. The molecule has 1 aromatic heterocycles. The normalized spacial score (nSPS) is 11.3. The average Bonchev–Trinajstić information content (AvgIpc) is 2.52. The molecule has 0 saturated heterocycles. The Labute approximate surface area is 121 Å². The number of hydrogen-bond donors (Lipinski definition) is 1. The van der Waals surface area contributed by atoms with Gasteiger partial charge in [0.25, 0.3) is 0 Å². The molecule has 0 saturated carbocycles. The molecule has 0 atom stereocenters. The van der Waals surface area contributed by atoms with Crippen molar-refractivity contribution in [2.75, 3.05) is 7.11 Å². The predicted molar refractivity (Wildman–Crippen MR) is 75.5 cm³/mol. The largest absolute Gasteiger partial charge is 0.497 e. The van der Waals surface area contributed by atoms with Crippen LogP contribution in [-0.4, -0.2) is 23.0 Å². The number of rotatable bonds is 5. The Morgan fingerprint density at radius 3 is 2.81 bits per heavy atom. The highest BCUT2D eigenvalue weighted by molar-refractivity contribution is 6.00. The maximum absolute atomic E-state index is 13.1. The molecule has 0 fully saturated rings. The maximum Gasteiger partial charge on any atom is 0.141 e. The van der Waals surface area contributed by atoms with Crippen LogP contribution < -0.4 is 9.47 Å². The summed E-state index contributed by atoms with van der Waals surface area (Å²) in [6, 6.07) is 6.49. The first-order valence-electron chi connectivity index (χ1n) is 6.23. The van der Waals surface area contributed by atoms with Crippen molar-refractivity contribution in [1.82, 2.24) is 4.98 Å². The van der Waals surface area contributed by atoms with Crippen LogP contribution in [0.25, 0.3) is 0 Å². The number of pyridine rings is 1. The number of ether oxygens (including phenoxy) is 2. The summed E-state index contributed by atoms with van der Waals surface area (Å²) in [7, 11) is 1.54. The van der Waals surface area contributed by atoms with E-state index in [1.807, 2.05) is 0 Å². The number of halogens is 1. The Balaban J connectivity index is 2.25. The molecule has 0 aliphatic rings. The lowest BCUT2D eigenvalue weighted by atomic mass is 10.1. The number of methoxy groups -OCH3 is 1. The molecule has 0 radical (unpaired) electrons. The predicted octanol–water partition coefficient (Wildman–Crippen LogP) is 3.01. The number of oxime groups is 1. The molecule has 2 aromatic rings. The molecule has 0 unspecified atom stereocenters. The Morgan fingerprint density at radius 2 is 2.14 bits per heavy atom. The minimum Gasteiger partial charge on any atom is -0.497 e. The van der Waals surface area contributed by atoms with Crippen molar-refractivity contribution < 1.29 is 19.1 Å². The van der Waals surface area contributed by atoms with Crippen LogP contribution >= 0.6 is 0 Å². The summed E-state index contributed by atoms with van der Waals surface area (Å²) in [6.07, 6.45) is 2.65. The van der Waals surface area contributed by atoms with Crippen LogP contribution in [0.3, 0.4) is 0 Å². The van der Waals surface area contributed by atoms with E-state index in [9.17, 15) is 4.39 Å². The van der Waals surface area contributed by atoms with Gasteiger partial charge in [-0.25, -0.2) is 4.39 Å². The molecule has 0 spiro atoms. The zero-order valence-corrected chi connectivity index (χ0v) is 11.7.